The topological polar surface area (TPSA) is 118 Å². The molecule has 2 aromatic rings. The summed E-state index contributed by atoms with van der Waals surface area (Å²) in [6.45, 7) is 3.37. The standard InChI is InChI=1S/C18H19N3O5S/c1-18(2)13(14(18)16(24)25)15(23)20-10-3-5-11(6-4-10)26-9-12(22)21-17-19-7-8-27-17/h3-8,13-14H,9H2,1-2H3,(H,20,23)(H,24,25)(H,19,21,22)/t13-,14-/m1/s1. The summed E-state index contributed by atoms with van der Waals surface area (Å²) in [5, 5.41) is 16.8. The Morgan fingerprint density at radius 1 is 1.19 bits per heavy atom. The van der Waals surface area contributed by atoms with Gasteiger partial charge in [-0.05, 0) is 29.7 Å². The van der Waals surface area contributed by atoms with Crippen LogP contribution in [0.15, 0.2) is 35.8 Å². The molecule has 0 unspecified atom stereocenters. The van der Waals surface area contributed by atoms with Gasteiger partial charge in [0.2, 0.25) is 5.91 Å². The minimum absolute atomic E-state index is 0.165. The Balaban J connectivity index is 1.49. The fraction of sp³-hybridized carbons (Fsp3) is 0.333. The number of carboxylic acid groups (broad SMARTS) is 1. The van der Waals surface area contributed by atoms with Crippen LogP contribution in [0.25, 0.3) is 0 Å². The maximum atomic E-state index is 12.3. The van der Waals surface area contributed by atoms with Gasteiger partial charge in [-0.3, -0.25) is 19.7 Å². The van der Waals surface area contributed by atoms with E-state index in [1.807, 2.05) is 0 Å². The number of carbonyl (C=O) groups is 3. The Labute approximate surface area is 159 Å². The second-order valence-corrected chi connectivity index (χ2v) is 7.70. The molecule has 1 aliphatic rings. The Morgan fingerprint density at radius 2 is 1.89 bits per heavy atom. The number of anilines is 2. The molecule has 9 heteroatoms. The van der Waals surface area contributed by atoms with E-state index in [0.29, 0.717) is 16.6 Å². The Bertz CT molecular complexity index is 848. The third-order valence-electron chi connectivity index (χ3n) is 4.55. The molecule has 0 bridgehead atoms. The van der Waals surface area contributed by atoms with Crippen LogP contribution >= 0.6 is 11.3 Å². The first-order valence-corrected chi connectivity index (χ1v) is 9.13. The predicted octanol–water partition coefficient (Wildman–Crippen LogP) is 2.46. The number of hydrogen-bond donors (Lipinski definition) is 3. The zero-order valence-corrected chi connectivity index (χ0v) is 15.6. The van der Waals surface area contributed by atoms with Crippen LogP contribution in [0.2, 0.25) is 0 Å². The first-order valence-electron chi connectivity index (χ1n) is 8.25. The van der Waals surface area contributed by atoms with Crippen LogP contribution in [0.4, 0.5) is 10.8 Å². The lowest BCUT2D eigenvalue weighted by atomic mass is 10.1. The Hall–Kier alpha value is -2.94. The number of carbonyl (C=O) groups excluding carboxylic acids is 2. The first-order chi connectivity index (χ1) is 12.8. The molecular formula is C18H19N3O5S. The van der Waals surface area contributed by atoms with Gasteiger partial charge in [0.15, 0.2) is 11.7 Å². The maximum absolute atomic E-state index is 12.3. The van der Waals surface area contributed by atoms with Crippen molar-refractivity contribution in [1.29, 1.82) is 0 Å². The summed E-state index contributed by atoms with van der Waals surface area (Å²) in [6, 6.07) is 6.52. The van der Waals surface area contributed by atoms with E-state index >= 15 is 0 Å². The molecule has 0 radical (unpaired) electrons. The number of rotatable bonds is 7. The van der Waals surface area contributed by atoms with Gasteiger partial charge < -0.3 is 15.2 Å². The van der Waals surface area contributed by atoms with Gasteiger partial charge in [0.05, 0.1) is 11.8 Å². The highest BCUT2D eigenvalue weighted by atomic mass is 32.1. The molecule has 0 saturated heterocycles. The molecule has 0 aliphatic heterocycles. The number of aliphatic carboxylic acids is 1. The highest BCUT2D eigenvalue weighted by molar-refractivity contribution is 7.13. The number of ether oxygens (including phenoxy) is 1. The zero-order valence-electron chi connectivity index (χ0n) is 14.8. The van der Waals surface area contributed by atoms with Crippen molar-refractivity contribution >= 4 is 39.9 Å². The molecule has 1 fully saturated rings. The van der Waals surface area contributed by atoms with Crippen molar-refractivity contribution in [2.75, 3.05) is 17.2 Å². The largest absolute Gasteiger partial charge is 0.484 e. The summed E-state index contributed by atoms with van der Waals surface area (Å²) in [4.78, 5) is 39.2. The molecule has 3 N–H and O–H groups in total. The molecule has 142 valence electrons. The van der Waals surface area contributed by atoms with Gasteiger partial charge >= 0.3 is 5.97 Å². The molecular weight excluding hydrogens is 370 g/mol. The molecule has 1 saturated carbocycles. The average molecular weight is 389 g/mol. The molecule has 1 aromatic heterocycles. The van der Waals surface area contributed by atoms with Crippen LogP contribution in [0.3, 0.4) is 0 Å². The Kier molecular flexibility index (Phi) is 5.13. The summed E-state index contributed by atoms with van der Waals surface area (Å²) in [6.07, 6.45) is 1.59. The highest BCUT2D eigenvalue weighted by Crippen LogP contribution is 2.58. The van der Waals surface area contributed by atoms with Gasteiger partial charge in [-0.25, -0.2) is 4.98 Å². The molecule has 8 nitrogen and oxygen atoms in total. The van der Waals surface area contributed by atoms with E-state index in [1.165, 1.54) is 11.3 Å². The van der Waals surface area contributed by atoms with Gasteiger partial charge in [0.25, 0.3) is 5.91 Å². The van der Waals surface area contributed by atoms with Crippen molar-refractivity contribution in [3.05, 3.63) is 35.8 Å². The van der Waals surface area contributed by atoms with Gasteiger partial charge in [-0.15, -0.1) is 11.3 Å². The van der Waals surface area contributed by atoms with Crippen LogP contribution in [0.1, 0.15) is 13.8 Å². The van der Waals surface area contributed by atoms with E-state index in [0.717, 1.165) is 0 Å². The fourth-order valence-corrected chi connectivity index (χ4v) is 3.58. The van der Waals surface area contributed by atoms with Crippen LogP contribution in [-0.4, -0.2) is 34.5 Å². The third-order valence-corrected chi connectivity index (χ3v) is 5.23. The molecule has 1 aromatic carbocycles. The highest BCUT2D eigenvalue weighted by Gasteiger charge is 2.65. The molecule has 27 heavy (non-hydrogen) atoms. The molecule has 2 amide bonds. The first kappa shape index (κ1) is 18.8. The predicted molar refractivity (Wildman–Crippen MR) is 99.7 cm³/mol. The number of aromatic nitrogens is 1. The van der Waals surface area contributed by atoms with Gasteiger partial charge in [0.1, 0.15) is 5.75 Å². The van der Waals surface area contributed by atoms with Crippen LogP contribution in [0.5, 0.6) is 5.75 Å². The summed E-state index contributed by atoms with van der Waals surface area (Å²) >= 11 is 1.31. The Morgan fingerprint density at radius 3 is 2.44 bits per heavy atom. The van der Waals surface area contributed by atoms with E-state index in [4.69, 9.17) is 9.84 Å². The second-order valence-electron chi connectivity index (χ2n) is 6.80. The lowest BCUT2D eigenvalue weighted by molar-refractivity contribution is -0.140. The fourth-order valence-electron chi connectivity index (χ4n) is 3.03. The van der Waals surface area contributed by atoms with Gasteiger partial charge in [-0.2, -0.15) is 0 Å². The van der Waals surface area contributed by atoms with Crippen molar-refractivity contribution in [3.8, 4) is 5.75 Å². The summed E-state index contributed by atoms with van der Waals surface area (Å²) < 4.78 is 5.39. The van der Waals surface area contributed by atoms with E-state index in [1.54, 1.807) is 49.7 Å². The minimum atomic E-state index is -0.958. The van der Waals surface area contributed by atoms with Crippen molar-refractivity contribution in [3.63, 3.8) is 0 Å². The van der Waals surface area contributed by atoms with Crippen molar-refractivity contribution in [2.45, 2.75) is 13.8 Å². The summed E-state index contributed by atoms with van der Waals surface area (Å²) in [5.41, 5.74) is -0.0181. The SMILES string of the molecule is CC1(C)[C@@H](C(=O)O)[C@@H]1C(=O)Nc1ccc(OCC(=O)Nc2nccs2)cc1. The molecule has 1 heterocycles. The van der Waals surface area contributed by atoms with Crippen LogP contribution < -0.4 is 15.4 Å². The number of thiazole rings is 1. The van der Waals surface area contributed by atoms with E-state index in [9.17, 15) is 14.4 Å². The molecule has 3 rings (SSSR count). The summed E-state index contributed by atoms with van der Waals surface area (Å²) in [7, 11) is 0. The van der Waals surface area contributed by atoms with Gasteiger partial charge in [-0.1, -0.05) is 13.8 Å². The number of carboxylic acids is 1. The van der Waals surface area contributed by atoms with Gasteiger partial charge in [0, 0.05) is 17.3 Å². The quantitative estimate of drug-likeness (QED) is 0.670. The summed E-state index contributed by atoms with van der Waals surface area (Å²) in [5.74, 6) is -2.35. The molecule has 2 atom stereocenters. The van der Waals surface area contributed by atoms with E-state index in [-0.39, 0.29) is 18.4 Å². The van der Waals surface area contributed by atoms with E-state index < -0.39 is 23.2 Å². The number of nitrogens with zero attached hydrogens (tertiary/aromatic N) is 1. The number of hydrogen-bond acceptors (Lipinski definition) is 6. The smallest absolute Gasteiger partial charge is 0.307 e. The normalized spacial score (nSPS) is 19.8. The van der Waals surface area contributed by atoms with Crippen molar-refractivity contribution in [1.82, 2.24) is 4.98 Å². The van der Waals surface area contributed by atoms with Crippen molar-refractivity contribution in [2.24, 2.45) is 17.3 Å². The average Bonchev–Trinajstić information content (AvgIpc) is 2.92. The molecule has 1 aliphatic carbocycles. The van der Waals surface area contributed by atoms with E-state index in [2.05, 4.69) is 15.6 Å². The lowest BCUT2D eigenvalue weighted by Gasteiger charge is -2.09. The third kappa shape index (κ3) is 4.25. The monoisotopic (exact) mass is 389 g/mol. The number of benzene rings is 1. The zero-order chi connectivity index (χ0) is 19.6. The number of nitrogens with one attached hydrogen (secondary N) is 2. The minimum Gasteiger partial charge on any atom is -0.484 e. The van der Waals surface area contributed by atoms with Crippen LogP contribution in [-0.2, 0) is 14.4 Å². The number of amides is 2. The molecule has 0 spiro atoms. The maximum Gasteiger partial charge on any atom is 0.307 e. The lowest BCUT2D eigenvalue weighted by Crippen LogP contribution is -2.20. The van der Waals surface area contributed by atoms with Crippen molar-refractivity contribution < 1.29 is 24.2 Å². The van der Waals surface area contributed by atoms with Crippen LogP contribution in [0, 0.1) is 17.3 Å². The second kappa shape index (κ2) is 7.36.